The summed E-state index contributed by atoms with van der Waals surface area (Å²) in [5.74, 6) is 0.741. The number of carbonyl (C=O) groups excluding carboxylic acids is 1. The number of aromatic nitrogens is 1. The van der Waals surface area contributed by atoms with Crippen LogP contribution in [0, 0.1) is 0 Å². The van der Waals surface area contributed by atoms with Crippen molar-refractivity contribution in [3.8, 4) is 5.75 Å². The van der Waals surface area contributed by atoms with Crippen LogP contribution in [0.1, 0.15) is 37.3 Å². The molecule has 0 fully saturated rings. The van der Waals surface area contributed by atoms with E-state index in [1.165, 1.54) is 7.05 Å². The molecule has 0 radical (unpaired) electrons. The third-order valence-electron chi connectivity index (χ3n) is 3.73. The van der Waals surface area contributed by atoms with Crippen LogP contribution in [0.25, 0.3) is 0 Å². The summed E-state index contributed by atoms with van der Waals surface area (Å²) in [7, 11) is 1.38. The highest BCUT2D eigenvalue weighted by Gasteiger charge is 2.19. The van der Waals surface area contributed by atoms with Crippen LogP contribution >= 0.6 is 0 Å². The summed E-state index contributed by atoms with van der Waals surface area (Å²) in [5.41, 5.74) is 2.14. The summed E-state index contributed by atoms with van der Waals surface area (Å²) in [6, 6.07) is 11.1. The molecule has 2 rings (SSSR count). The molecule has 1 aromatic heterocycles. The van der Waals surface area contributed by atoms with Crippen molar-refractivity contribution in [3.05, 3.63) is 59.9 Å². The monoisotopic (exact) mass is 376 g/mol. The number of rotatable bonds is 8. The Morgan fingerprint density at radius 2 is 2.08 bits per heavy atom. The van der Waals surface area contributed by atoms with Gasteiger partial charge in [0.1, 0.15) is 5.75 Å². The maximum atomic E-state index is 12.1. The van der Waals surface area contributed by atoms with Crippen molar-refractivity contribution in [1.29, 1.82) is 0 Å². The van der Waals surface area contributed by atoms with Crippen LogP contribution in [0.2, 0.25) is 0 Å². The van der Waals surface area contributed by atoms with Gasteiger partial charge in [0, 0.05) is 19.4 Å². The van der Waals surface area contributed by atoms with Crippen molar-refractivity contribution in [2.75, 3.05) is 13.7 Å². The molecular formula is C19H24N2O4S. The number of hydrogen-bond acceptors (Lipinski definition) is 5. The maximum absolute atomic E-state index is 12.1. The van der Waals surface area contributed by atoms with E-state index in [0.717, 1.165) is 21.9 Å². The van der Waals surface area contributed by atoms with Gasteiger partial charge in [0.2, 0.25) is 0 Å². The first-order chi connectivity index (χ1) is 12.5. The van der Waals surface area contributed by atoms with Gasteiger partial charge in [-0.3, -0.25) is 9.17 Å². The lowest BCUT2D eigenvalue weighted by atomic mass is 10.0. The van der Waals surface area contributed by atoms with E-state index in [0.29, 0.717) is 18.1 Å². The molecule has 0 bridgehead atoms. The molecule has 6 nitrogen and oxygen atoms in total. The molecule has 140 valence electrons. The smallest absolute Gasteiger partial charge is 0.409 e. The molecule has 0 aliphatic carbocycles. The fourth-order valence-corrected chi connectivity index (χ4v) is 2.77. The molecule has 1 amide bonds. The molecule has 1 unspecified atom stereocenters. The zero-order valence-corrected chi connectivity index (χ0v) is 16.1. The highest BCUT2D eigenvalue weighted by molar-refractivity contribution is 7.78. The molecule has 26 heavy (non-hydrogen) atoms. The van der Waals surface area contributed by atoms with Crippen LogP contribution in [0.3, 0.4) is 0 Å². The van der Waals surface area contributed by atoms with Gasteiger partial charge in [-0.2, -0.15) is 0 Å². The van der Waals surface area contributed by atoms with E-state index in [4.69, 9.17) is 8.92 Å². The molecule has 1 heterocycles. The first-order valence-corrected chi connectivity index (χ1v) is 9.50. The van der Waals surface area contributed by atoms with E-state index >= 15 is 0 Å². The van der Waals surface area contributed by atoms with Crippen LogP contribution in [-0.2, 0) is 21.9 Å². The lowest BCUT2D eigenvalue weighted by molar-refractivity contribution is 0.181. The normalized spacial score (nSPS) is 12.0. The molecule has 0 saturated carbocycles. The Balaban J connectivity index is 1.78. The SMILES string of the molecule is CC(C)c1cccc(OC(=O)N(C)S(=O)OCCCc2cccnc2)c1. The summed E-state index contributed by atoms with van der Waals surface area (Å²) in [5, 5.41) is 0. The summed E-state index contributed by atoms with van der Waals surface area (Å²) in [4.78, 5) is 16.1. The Kier molecular flexibility index (Phi) is 7.74. The standard InChI is InChI=1S/C19H24N2O4S/c1-15(2)17-9-4-10-18(13-17)25-19(22)21(3)26(23)24-12-6-8-16-7-5-11-20-14-16/h4-5,7,9-11,13-15H,6,8,12H2,1-3H3. The Morgan fingerprint density at radius 1 is 1.27 bits per heavy atom. The lowest BCUT2D eigenvalue weighted by Gasteiger charge is -2.15. The molecule has 2 aromatic rings. The number of aryl methyl sites for hydroxylation is 1. The van der Waals surface area contributed by atoms with Crippen molar-refractivity contribution in [1.82, 2.24) is 9.29 Å². The number of hydrogen-bond donors (Lipinski definition) is 0. The average Bonchev–Trinajstić information content (AvgIpc) is 2.65. The van der Waals surface area contributed by atoms with Gasteiger partial charge in [0.15, 0.2) is 0 Å². The quantitative estimate of drug-likeness (QED) is 0.654. The van der Waals surface area contributed by atoms with E-state index in [9.17, 15) is 9.00 Å². The Labute approximate surface area is 156 Å². The van der Waals surface area contributed by atoms with Crippen LogP contribution in [0.15, 0.2) is 48.8 Å². The van der Waals surface area contributed by atoms with Gasteiger partial charge in [0.25, 0.3) is 11.3 Å². The van der Waals surface area contributed by atoms with Gasteiger partial charge in [-0.1, -0.05) is 32.0 Å². The highest BCUT2D eigenvalue weighted by atomic mass is 32.2. The second-order valence-corrected chi connectivity index (χ2v) is 7.31. The second-order valence-electron chi connectivity index (χ2n) is 6.10. The first kappa shape index (κ1) is 20.1. The van der Waals surface area contributed by atoms with Gasteiger partial charge in [-0.05, 0) is 48.1 Å². The van der Waals surface area contributed by atoms with Crippen molar-refractivity contribution < 1.29 is 17.9 Å². The number of nitrogens with zero attached hydrogens (tertiary/aromatic N) is 2. The Morgan fingerprint density at radius 3 is 2.77 bits per heavy atom. The van der Waals surface area contributed by atoms with E-state index in [1.807, 2.05) is 24.3 Å². The summed E-state index contributed by atoms with van der Waals surface area (Å²) < 4.78 is 23.5. The van der Waals surface area contributed by atoms with Crippen molar-refractivity contribution in [2.45, 2.75) is 32.6 Å². The summed E-state index contributed by atoms with van der Waals surface area (Å²) in [6.45, 7) is 4.38. The number of amides is 1. The third kappa shape index (κ3) is 6.24. The number of benzene rings is 1. The van der Waals surface area contributed by atoms with Gasteiger partial charge >= 0.3 is 6.09 Å². The molecule has 0 spiro atoms. The molecule has 1 aromatic carbocycles. The second kappa shape index (κ2) is 10.0. The molecule has 0 aliphatic heterocycles. The molecular weight excluding hydrogens is 352 g/mol. The molecule has 0 aliphatic rings. The van der Waals surface area contributed by atoms with Gasteiger partial charge in [0.05, 0.1) is 6.61 Å². The average molecular weight is 376 g/mol. The predicted molar refractivity (Wildman–Crippen MR) is 101 cm³/mol. The lowest BCUT2D eigenvalue weighted by Crippen LogP contribution is -2.32. The Hall–Kier alpha value is -2.25. The van der Waals surface area contributed by atoms with E-state index < -0.39 is 17.4 Å². The number of ether oxygens (including phenoxy) is 1. The summed E-state index contributed by atoms with van der Waals surface area (Å²) >= 11 is -1.90. The van der Waals surface area contributed by atoms with Crippen LogP contribution in [0.5, 0.6) is 5.75 Å². The maximum Gasteiger partial charge on any atom is 0.428 e. The zero-order valence-electron chi connectivity index (χ0n) is 15.3. The highest BCUT2D eigenvalue weighted by Crippen LogP contribution is 2.20. The van der Waals surface area contributed by atoms with Crippen LogP contribution in [-0.4, -0.2) is 33.2 Å². The first-order valence-electron chi connectivity index (χ1n) is 8.47. The number of pyridine rings is 1. The fraction of sp³-hybridized carbons (Fsp3) is 0.368. The Bertz CT molecular complexity index is 737. The van der Waals surface area contributed by atoms with Crippen LogP contribution < -0.4 is 4.74 Å². The summed E-state index contributed by atoms with van der Waals surface area (Å²) in [6.07, 6.45) is 4.22. The zero-order chi connectivity index (χ0) is 18.9. The molecule has 0 N–H and O–H groups in total. The van der Waals surface area contributed by atoms with E-state index in [-0.39, 0.29) is 6.61 Å². The topological polar surface area (TPSA) is 68.7 Å². The number of carbonyl (C=O) groups is 1. The molecule has 1 atom stereocenters. The molecule has 7 heteroatoms. The van der Waals surface area contributed by atoms with Crippen molar-refractivity contribution in [2.24, 2.45) is 0 Å². The third-order valence-corrected chi connectivity index (χ3v) is 4.69. The molecule has 0 saturated heterocycles. The minimum absolute atomic E-state index is 0.266. The minimum Gasteiger partial charge on any atom is -0.409 e. The van der Waals surface area contributed by atoms with Crippen molar-refractivity contribution >= 4 is 17.4 Å². The fourth-order valence-electron chi connectivity index (χ4n) is 2.19. The van der Waals surface area contributed by atoms with Gasteiger partial charge < -0.3 is 4.74 Å². The predicted octanol–water partition coefficient (Wildman–Crippen LogP) is 3.86. The van der Waals surface area contributed by atoms with E-state index in [1.54, 1.807) is 24.5 Å². The van der Waals surface area contributed by atoms with Gasteiger partial charge in [-0.15, -0.1) is 0 Å². The minimum atomic E-state index is -1.90. The largest absolute Gasteiger partial charge is 0.428 e. The van der Waals surface area contributed by atoms with Crippen LogP contribution in [0.4, 0.5) is 4.79 Å². The van der Waals surface area contributed by atoms with Gasteiger partial charge in [-0.25, -0.2) is 13.3 Å². The van der Waals surface area contributed by atoms with E-state index in [2.05, 4.69) is 18.8 Å². The van der Waals surface area contributed by atoms with Crippen molar-refractivity contribution in [3.63, 3.8) is 0 Å².